The van der Waals surface area contributed by atoms with Crippen LogP contribution < -0.4 is 5.32 Å². The van der Waals surface area contributed by atoms with E-state index < -0.39 is 23.7 Å². The first-order chi connectivity index (χ1) is 8.69. The van der Waals surface area contributed by atoms with Crippen LogP contribution >= 0.6 is 15.9 Å². The van der Waals surface area contributed by atoms with E-state index in [0.717, 1.165) is 0 Å². The Morgan fingerprint density at radius 2 is 2.16 bits per heavy atom. The van der Waals surface area contributed by atoms with E-state index in [0.29, 0.717) is 10.2 Å². The molecule has 0 saturated heterocycles. The van der Waals surface area contributed by atoms with Crippen molar-refractivity contribution in [3.63, 3.8) is 0 Å². The van der Waals surface area contributed by atoms with Crippen molar-refractivity contribution in [1.29, 1.82) is 0 Å². The minimum absolute atomic E-state index is 0.300. The number of carboxylic acid groups (broad SMARTS) is 1. The van der Waals surface area contributed by atoms with Crippen molar-refractivity contribution in [2.45, 2.75) is 38.8 Å². The number of furan rings is 1. The molecule has 1 heterocycles. The lowest BCUT2D eigenvalue weighted by Gasteiger charge is -2.22. The normalized spacial score (nSPS) is 12.8. The van der Waals surface area contributed by atoms with Gasteiger partial charge in [-0.05, 0) is 42.8 Å². The Bertz CT molecular complexity index is 463. The maximum atomic E-state index is 11.7. The number of rotatable bonds is 4. The van der Waals surface area contributed by atoms with E-state index in [1.54, 1.807) is 26.8 Å². The zero-order chi connectivity index (χ0) is 14.6. The summed E-state index contributed by atoms with van der Waals surface area (Å²) in [5, 5.41) is 11.4. The topological polar surface area (TPSA) is 88.8 Å². The minimum atomic E-state index is -1.05. The van der Waals surface area contributed by atoms with Gasteiger partial charge < -0.3 is 19.6 Å². The quantitative estimate of drug-likeness (QED) is 0.883. The Morgan fingerprint density at radius 3 is 2.58 bits per heavy atom. The van der Waals surface area contributed by atoms with Gasteiger partial charge in [0, 0.05) is 0 Å². The highest BCUT2D eigenvalue weighted by atomic mass is 79.9. The Labute approximate surface area is 119 Å². The van der Waals surface area contributed by atoms with E-state index in [-0.39, 0.29) is 6.42 Å². The first-order valence-electron chi connectivity index (χ1n) is 5.63. The molecule has 1 aromatic rings. The van der Waals surface area contributed by atoms with Gasteiger partial charge in [-0.1, -0.05) is 0 Å². The summed E-state index contributed by atoms with van der Waals surface area (Å²) in [5.74, 6) is -0.711. The van der Waals surface area contributed by atoms with Crippen molar-refractivity contribution in [3.8, 4) is 0 Å². The second kappa shape index (κ2) is 6.10. The number of carboxylic acids is 1. The van der Waals surface area contributed by atoms with Gasteiger partial charge in [0.05, 0.1) is 17.2 Å². The van der Waals surface area contributed by atoms with Crippen molar-refractivity contribution < 1.29 is 23.8 Å². The molecular weight excluding hydrogens is 318 g/mol. The van der Waals surface area contributed by atoms with Crippen LogP contribution in [0.15, 0.2) is 21.2 Å². The summed E-state index contributed by atoms with van der Waals surface area (Å²) in [6.45, 7) is 5.17. The van der Waals surface area contributed by atoms with E-state index in [1.807, 2.05) is 0 Å². The molecule has 0 fully saturated rings. The first kappa shape index (κ1) is 15.6. The Kier molecular flexibility index (Phi) is 4.99. The van der Waals surface area contributed by atoms with Crippen LogP contribution in [0.1, 0.15) is 39.0 Å². The minimum Gasteiger partial charge on any atom is -0.481 e. The van der Waals surface area contributed by atoms with E-state index >= 15 is 0 Å². The summed E-state index contributed by atoms with van der Waals surface area (Å²) in [7, 11) is 0. The Hall–Kier alpha value is -1.50. The molecule has 0 aliphatic carbocycles. The number of halogens is 1. The van der Waals surface area contributed by atoms with Gasteiger partial charge in [0.1, 0.15) is 17.4 Å². The van der Waals surface area contributed by atoms with Crippen LogP contribution in [0.2, 0.25) is 0 Å². The molecule has 0 aliphatic heterocycles. The molecule has 1 atom stereocenters. The fourth-order valence-corrected chi connectivity index (χ4v) is 1.87. The second-order valence-corrected chi connectivity index (χ2v) is 5.78. The molecule has 0 aromatic carbocycles. The van der Waals surface area contributed by atoms with Gasteiger partial charge in [-0.2, -0.15) is 0 Å². The number of ether oxygens (including phenoxy) is 1. The van der Waals surface area contributed by atoms with Crippen LogP contribution in [0.5, 0.6) is 0 Å². The number of alkyl carbamates (subject to hydrolysis) is 1. The summed E-state index contributed by atoms with van der Waals surface area (Å²) >= 11 is 3.23. The lowest BCUT2D eigenvalue weighted by Crippen LogP contribution is -2.35. The highest BCUT2D eigenvalue weighted by molar-refractivity contribution is 9.10. The molecule has 106 valence electrons. The SMILES string of the molecule is CC(C)(C)OC(=O)NC(CC(=O)O)c1occc1Br. The molecule has 0 aliphatic rings. The molecule has 2 N–H and O–H groups in total. The second-order valence-electron chi connectivity index (χ2n) is 4.93. The van der Waals surface area contributed by atoms with Crippen LogP contribution in [0.4, 0.5) is 4.79 Å². The third-order valence-electron chi connectivity index (χ3n) is 2.03. The van der Waals surface area contributed by atoms with Crippen molar-refractivity contribution in [3.05, 3.63) is 22.6 Å². The van der Waals surface area contributed by atoms with Gasteiger partial charge >= 0.3 is 12.1 Å². The van der Waals surface area contributed by atoms with Gasteiger partial charge in [-0.3, -0.25) is 4.79 Å². The average Bonchev–Trinajstić information content (AvgIpc) is 2.59. The number of amides is 1. The highest BCUT2D eigenvalue weighted by Crippen LogP contribution is 2.27. The highest BCUT2D eigenvalue weighted by Gasteiger charge is 2.25. The van der Waals surface area contributed by atoms with E-state index in [2.05, 4.69) is 21.2 Å². The smallest absolute Gasteiger partial charge is 0.408 e. The van der Waals surface area contributed by atoms with Gasteiger partial charge in [0.2, 0.25) is 0 Å². The fourth-order valence-electron chi connectivity index (χ4n) is 1.39. The van der Waals surface area contributed by atoms with Gasteiger partial charge in [0.15, 0.2) is 0 Å². The maximum absolute atomic E-state index is 11.7. The predicted octanol–water partition coefficient (Wildman–Crippen LogP) is 3.08. The predicted molar refractivity (Wildman–Crippen MR) is 70.8 cm³/mol. The zero-order valence-electron chi connectivity index (χ0n) is 10.9. The number of carbonyl (C=O) groups excluding carboxylic acids is 1. The van der Waals surface area contributed by atoms with Crippen molar-refractivity contribution in [1.82, 2.24) is 5.32 Å². The fraction of sp³-hybridized carbons (Fsp3) is 0.500. The largest absolute Gasteiger partial charge is 0.481 e. The summed E-state index contributed by atoms with van der Waals surface area (Å²) < 4.78 is 10.9. The van der Waals surface area contributed by atoms with Crippen molar-refractivity contribution in [2.75, 3.05) is 0 Å². The lowest BCUT2D eigenvalue weighted by molar-refractivity contribution is -0.137. The molecule has 19 heavy (non-hydrogen) atoms. The Balaban J connectivity index is 2.79. The van der Waals surface area contributed by atoms with Gasteiger partial charge in [-0.15, -0.1) is 0 Å². The number of hydrogen-bond donors (Lipinski definition) is 2. The van der Waals surface area contributed by atoms with E-state index in [9.17, 15) is 9.59 Å². The first-order valence-corrected chi connectivity index (χ1v) is 6.42. The average molecular weight is 334 g/mol. The van der Waals surface area contributed by atoms with Crippen LogP contribution in [-0.2, 0) is 9.53 Å². The number of carbonyl (C=O) groups is 2. The molecule has 0 saturated carbocycles. The van der Waals surface area contributed by atoms with Gasteiger partial charge in [-0.25, -0.2) is 4.79 Å². The summed E-state index contributed by atoms with van der Waals surface area (Å²) in [4.78, 5) is 22.5. The van der Waals surface area contributed by atoms with Crippen LogP contribution in [0.25, 0.3) is 0 Å². The van der Waals surface area contributed by atoms with Crippen LogP contribution in [-0.4, -0.2) is 22.8 Å². The molecule has 6 nitrogen and oxygen atoms in total. The summed E-state index contributed by atoms with van der Waals surface area (Å²) in [6, 6.07) is 0.831. The molecule has 0 radical (unpaired) electrons. The molecule has 1 aromatic heterocycles. The molecule has 1 unspecified atom stereocenters. The third kappa shape index (κ3) is 5.34. The molecular formula is C12H16BrNO5. The van der Waals surface area contributed by atoms with Crippen molar-refractivity contribution >= 4 is 28.0 Å². The molecule has 1 rings (SSSR count). The third-order valence-corrected chi connectivity index (χ3v) is 2.69. The van der Waals surface area contributed by atoms with Crippen molar-refractivity contribution in [2.24, 2.45) is 0 Å². The summed E-state index contributed by atoms with van der Waals surface area (Å²) in [5.41, 5.74) is -0.655. The van der Waals surface area contributed by atoms with E-state index in [1.165, 1.54) is 6.26 Å². The van der Waals surface area contributed by atoms with Crippen LogP contribution in [0.3, 0.4) is 0 Å². The Morgan fingerprint density at radius 1 is 1.53 bits per heavy atom. The molecule has 0 bridgehead atoms. The zero-order valence-corrected chi connectivity index (χ0v) is 12.5. The number of aliphatic carboxylic acids is 1. The lowest BCUT2D eigenvalue weighted by atomic mass is 10.1. The standard InChI is InChI=1S/C12H16BrNO5/c1-12(2,3)19-11(17)14-8(6-9(15)16)10-7(13)4-5-18-10/h4-5,8H,6H2,1-3H3,(H,14,17)(H,15,16). The number of nitrogens with one attached hydrogen (secondary N) is 1. The summed E-state index contributed by atoms with van der Waals surface area (Å²) in [6.07, 6.45) is 0.415. The molecule has 1 amide bonds. The molecule has 0 spiro atoms. The monoisotopic (exact) mass is 333 g/mol. The molecule has 7 heteroatoms. The van der Waals surface area contributed by atoms with E-state index in [4.69, 9.17) is 14.3 Å². The number of hydrogen-bond acceptors (Lipinski definition) is 4. The van der Waals surface area contributed by atoms with Crippen LogP contribution in [0, 0.1) is 0 Å². The maximum Gasteiger partial charge on any atom is 0.408 e. The van der Waals surface area contributed by atoms with Gasteiger partial charge in [0.25, 0.3) is 0 Å².